The molecule has 1 aromatic rings. The lowest BCUT2D eigenvalue weighted by Gasteiger charge is -2.18. The fraction of sp³-hybridized carbons (Fsp3) is 0.467. The number of para-hydroxylation sites is 1. The van der Waals surface area contributed by atoms with E-state index in [1.54, 1.807) is 4.90 Å². The molecule has 0 bridgehead atoms. The number of carbonyl (C=O) groups is 2. The topological polar surface area (TPSA) is 58.6 Å². The normalized spacial score (nSPS) is 14.6. The number of esters is 1. The molecule has 1 aromatic carbocycles. The third-order valence-corrected chi connectivity index (χ3v) is 3.10. The molecule has 0 saturated carbocycles. The smallest absolute Gasteiger partial charge is 0.322 e. The van der Waals surface area contributed by atoms with Gasteiger partial charge < -0.3 is 10.1 Å². The summed E-state index contributed by atoms with van der Waals surface area (Å²) in [6.07, 6.45) is 0.804. The summed E-state index contributed by atoms with van der Waals surface area (Å²) in [5, 5.41) is 2.78. The second kappa shape index (κ2) is 6.41. The molecule has 1 aliphatic rings. The summed E-state index contributed by atoms with van der Waals surface area (Å²) < 4.78 is 5.13. The SMILES string of the molecule is CC(C)OC(=O)CCc1ccccc1N1CCNC1=O. The van der Waals surface area contributed by atoms with Crippen molar-refractivity contribution in [1.82, 2.24) is 5.32 Å². The maximum Gasteiger partial charge on any atom is 0.322 e. The second-order valence-corrected chi connectivity index (χ2v) is 5.05. The molecule has 1 saturated heterocycles. The Hall–Kier alpha value is -2.04. The Morgan fingerprint density at radius 3 is 2.80 bits per heavy atom. The average molecular weight is 276 g/mol. The number of urea groups is 1. The van der Waals surface area contributed by atoms with Gasteiger partial charge in [-0.3, -0.25) is 9.69 Å². The zero-order valence-electron chi connectivity index (χ0n) is 11.9. The molecule has 0 spiro atoms. The second-order valence-electron chi connectivity index (χ2n) is 5.05. The van der Waals surface area contributed by atoms with Crippen LogP contribution in [0.1, 0.15) is 25.8 Å². The maximum atomic E-state index is 11.7. The molecule has 0 unspecified atom stereocenters. The van der Waals surface area contributed by atoms with Gasteiger partial charge in [-0.05, 0) is 31.9 Å². The number of aryl methyl sites for hydroxylation is 1. The van der Waals surface area contributed by atoms with Crippen molar-refractivity contribution in [3.8, 4) is 0 Å². The van der Waals surface area contributed by atoms with Crippen molar-refractivity contribution in [3.63, 3.8) is 0 Å². The molecule has 1 N–H and O–H groups in total. The van der Waals surface area contributed by atoms with Crippen LogP contribution in [0.25, 0.3) is 0 Å². The van der Waals surface area contributed by atoms with E-state index in [2.05, 4.69) is 5.32 Å². The highest BCUT2D eigenvalue weighted by molar-refractivity contribution is 5.94. The van der Waals surface area contributed by atoms with Gasteiger partial charge in [-0.15, -0.1) is 0 Å². The Kier molecular flexibility index (Phi) is 4.61. The van der Waals surface area contributed by atoms with E-state index in [1.165, 1.54) is 0 Å². The van der Waals surface area contributed by atoms with Crippen LogP contribution >= 0.6 is 0 Å². The van der Waals surface area contributed by atoms with E-state index < -0.39 is 0 Å². The highest BCUT2D eigenvalue weighted by Crippen LogP contribution is 2.23. The number of carbonyl (C=O) groups excluding carboxylic acids is 2. The van der Waals surface area contributed by atoms with E-state index in [0.717, 1.165) is 11.3 Å². The van der Waals surface area contributed by atoms with Crippen molar-refractivity contribution in [3.05, 3.63) is 29.8 Å². The molecule has 1 fully saturated rings. The molecule has 108 valence electrons. The summed E-state index contributed by atoms with van der Waals surface area (Å²) in [5.74, 6) is -0.208. The summed E-state index contributed by atoms with van der Waals surface area (Å²) in [6.45, 7) is 4.98. The molecule has 1 aliphatic heterocycles. The minimum atomic E-state index is -0.208. The van der Waals surface area contributed by atoms with Gasteiger partial charge in [0.2, 0.25) is 0 Å². The van der Waals surface area contributed by atoms with Gasteiger partial charge in [-0.1, -0.05) is 18.2 Å². The predicted molar refractivity (Wildman–Crippen MR) is 76.7 cm³/mol. The highest BCUT2D eigenvalue weighted by atomic mass is 16.5. The largest absolute Gasteiger partial charge is 0.463 e. The molecule has 0 atom stereocenters. The van der Waals surface area contributed by atoms with Crippen molar-refractivity contribution in [1.29, 1.82) is 0 Å². The lowest BCUT2D eigenvalue weighted by Crippen LogP contribution is -2.28. The number of anilines is 1. The zero-order chi connectivity index (χ0) is 14.5. The Morgan fingerprint density at radius 2 is 2.15 bits per heavy atom. The van der Waals surface area contributed by atoms with Crippen LogP contribution in [0, 0.1) is 0 Å². The number of nitrogens with zero attached hydrogens (tertiary/aromatic N) is 1. The fourth-order valence-electron chi connectivity index (χ4n) is 2.25. The van der Waals surface area contributed by atoms with Gasteiger partial charge in [-0.2, -0.15) is 0 Å². The number of rotatable bonds is 5. The van der Waals surface area contributed by atoms with Crippen molar-refractivity contribution < 1.29 is 14.3 Å². The van der Waals surface area contributed by atoms with E-state index in [4.69, 9.17) is 4.74 Å². The predicted octanol–water partition coefficient (Wildman–Crippen LogP) is 2.10. The van der Waals surface area contributed by atoms with Crippen LogP contribution in [0.5, 0.6) is 0 Å². The van der Waals surface area contributed by atoms with Gasteiger partial charge in [0.1, 0.15) is 0 Å². The Morgan fingerprint density at radius 1 is 1.40 bits per heavy atom. The van der Waals surface area contributed by atoms with Gasteiger partial charge in [0, 0.05) is 25.2 Å². The van der Waals surface area contributed by atoms with Crippen LogP contribution in [-0.4, -0.2) is 31.2 Å². The molecule has 0 radical (unpaired) electrons. The number of amides is 2. The van der Waals surface area contributed by atoms with Gasteiger partial charge in [0.05, 0.1) is 6.10 Å². The van der Waals surface area contributed by atoms with Gasteiger partial charge in [0.25, 0.3) is 0 Å². The summed E-state index contributed by atoms with van der Waals surface area (Å²) in [4.78, 5) is 25.1. The lowest BCUT2D eigenvalue weighted by atomic mass is 10.1. The van der Waals surface area contributed by atoms with Crippen LogP contribution in [0.4, 0.5) is 10.5 Å². The first-order valence-electron chi connectivity index (χ1n) is 6.90. The quantitative estimate of drug-likeness (QED) is 0.838. The molecule has 1 heterocycles. The number of nitrogens with one attached hydrogen (secondary N) is 1. The highest BCUT2D eigenvalue weighted by Gasteiger charge is 2.23. The van der Waals surface area contributed by atoms with Crippen molar-refractivity contribution in [2.24, 2.45) is 0 Å². The number of hydrogen-bond acceptors (Lipinski definition) is 3. The molecule has 0 aliphatic carbocycles. The maximum absolute atomic E-state index is 11.7. The van der Waals surface area contributed by atoms with E-state index in [9.17, 15) is 9.59 Å². The third kappa shape index (κ3) is 3.50. The monoisotopic (exact) mass is 276 g/mol. The first-order chi connectivity index (χ1) is 9.58. The fourth-order valence-corrected chi connectivity index (χ4v) is 2.25. The molecular formula is C15H20N2O3. The number of ether oxygens (including phenoxy) is 1. The number of hydrogen-bond donors (Lipinski definition) is 1. The van der Waals surface area contributed by atoms with E-state index in [0.29, 0.717) is 25.9 Å². The van der Waals surface area contributed by atoms with Gasteiger partial charge in [-0.25, -0.2) is 4.79 Å². The first-order valence-corrected chi connectivity index (χ1v) is 6.90. The standard InChI is InChI=1S/C15H20N2O3/c1-11(2)20-14(18)8-7-12-5-3-4-6-13(12)17-10-9-16-15(17)19/h3-6,11H,7-10H2,1-2H3,(H,16,19). The van der Waals surface area contributed by atoms with Crippen molar-refractivity contribution in [2.45, 2.75) is 32.8 Å². The molecular weight excluding hydrogens is 256 g/mol. The van der Waals surface area contributed by atoms with E-state index >= 15 is 0 Å². The molecule has 0 aromatic heterocycles. The molecule has 2 rings (SSSR count). The van der Waals surface area contributed by atoms with Gasteiger partial charge >= 0.3 is 12.0 Å². The molecule has 5 nitrogen and oxygen atoms in total. The van der Waals surface area contributed by atoms with Crippen molar-refractivity contribution >= 4 is 17.7 Å². The first kappa shape index (κ1) is 14.4. The molecule has 20 heavy (non-hydrogen) atoms. The number of benzene rings is 1. The van der Waals surface area contributed by atoms with Crippen LogP contribution < -0.4 is 10.2 Å². The average Bonchev–Trinajstić information content (AvgIpc) is 2.82. The van der Waals surface area contributed by atoms with Crippen LogP contribution in [0.3, 0.4) is 0 Å². The molecule has 2 amide bonds. The summed E-state index contributed by atoms with van der Waals surface area (Å²) >= 11 is 0. The summed E-state index contributed by atoms with van der Waals surface area (Å²) in [6, 6.07) is 7.59. The Labute approximate surface area is 118 Å². The van der Waals surface area contributed by atoms with E-state index in [1.807, 2.05) is 38.1 Å². The minimum Gasteiger partial charge on any atom is -0.463 e. The Bertz CT molecular complexity index is 500. The third-order valence-electron chi connectivity index (χ3n) is 3.10. The van der Waals surface area contributed by atoms with E-state index in [-0.39, 0.29) is 18.1 Å². The summed E-state index contributed by atoms with van der Waals surface area (Å²) in [5.41, 5.74) is 1.87. The van der Waals surface area contributed by atoms with Crippen LogP contribution in [0.15, 0.2) is 24.3 Å². The van der Waals surface area contributed by atoms with Gasteiger partial charge in [0.15, 0.2) is 0 Å². The molecule has 5 heteroatoms. The van der Waals surface area contributed by atoms with Crippen LogP contribution in [-0.2, 0) is 16.0 Å². The zero-order valence-corrected chi connectivity index (χ0v) is 11.9. The Balaban J connectivity index is 2.05. The lowest BCUT2D eigenvalue weighted by molar-refractivity contribution is -0.147. The van der Waals surface area contributed by atoms with Crippen molar-refractivity contribution in [2.75, 3.05) is 18.0 Å². The summed E-state index contributed by atoms with van der Waals surface area (Å²) in [7, 11) is 0. The minimum absolute atomic E-state index is 0.0813. The van der Waals surface area contributed by atoms with Crippen LogP contribution in [0.2, 0.25) is 0 Å².